The summed E-state index contributed by atoms with van der Waals surface area (Å²) in [7, 11) is 2.06. The van der Waals surface area contributed by atoms with Crippen LogP contribution in [-0.2, 0) is 6.54 Å². The second-order valence-corrected chi connectivity index (χ2v) is 6.50. The molecule has 1 N–H and O–H groups in total. The fourth-order valence-electron chi connectivity index (χ4n) is 2.98. The van der Waals surface area contributed by atoms with E-state index in [1.165, 1.54) is 0 Å². The van der Waals surface area contributed by atoms with Crippen LogP contribution in [-0.4, -0.2) is 60.1 Å². The minimum Gasteiger partial charge on any atom is -0.478 e. The third-order valence-electron chi connectivity index (χ3n) is 4.61. The number of piperazine rings is 1. The van der Waals surface area contributed by atoms with Crippen LogP contribution >= 0.6 is 0 Å². The molecule has 0 unspecified atom stereocenters. The smallest absolute Gasteiger partial charge is 0.335 e. The highest BCUT2D eigenvalue weighted by Crippen LogP contribution is 2.20. The van der Waals surface area contributed by atoms with Crippen LogP contribution in [0.5, 0.6) is 0 Å². The first-order valence-corrected chi connectivity index (χ1v) is 8.67. The van der Waals surface area contributed by atoms with Crippen LogP contribution in [0.1, 0.15) is 15.9 Å². The Hall–Kier alpha value is -2.86. The number of rotatable bonds is 4. The van der Waals surface area contributed by atoms with Crippen LogP contribution in [0.25, 0.3) is 0 Å². The molecule has 136 valence electrons. The second-order valence-electron chi connectivity index (χ2n) is 6.50. The first kappa shape index (κ1) is 17.9. The van der Waals surface area contributed by atoms with Gasteiger partial charge in [0, 0.05) is 31.9 Å². The summed E-state index contributed by atoms with van der Waals surface area (Å²) in [6.07, 6.45) is 0. The fourth-order valence-corrected chi connectivity index (χ4v) is 2.98. The van der Waals surface area contributed by atoms with E-state index in [0.29, 0.717) is 19.6 Å². The monoisotopic (exact) mass is 353 g/mol. The largest absolute Gasteiger partial charge is 0.478 e. The molecule has 2 aromatic carbocycles. The first-order chi connectivity index (χ1) is 12.5. The summed E-state index contributed by atoms with van der Waals surface area (Å²) in [6.45, 7) is 3.53. The van der Waals surface area contributed by atoms with Crippen LogP contribution < -0.4 is 4.90 Å². The van der Waals surface area contributed by atoms with Gasteiger partial charge in [0.25, 0.3) is 0 Å². The lowest BCUT2D eigenvalue weighted by atomic mass is 10.1. The Morgan fingerprint density at radius 2 is 1.58 bits per heavy atom. The van der Waals surface area contributed by atoms with Gasteiger partial charge in [-0.1, -0.05) is 30.3 Å². The minimum absolute atomic E-state index is 0.0217. The SMILES string of the molecule is CN1CCN(C(=O)N(Cc2ccc(C(=O)O)cc2)c2ccccc2)CC1. The van der Waals surface area contributed by atoms with Gasteiger partial charge in [-0.15, -0.1) is 0 Å². The number of carboxylic acid groups (broad SMARTS) is 1. The van der Waals surface area contributed by atoms with Crippen molar-refractivity contribution in [2.24, 2.45) is 0 Å². The van der Waals surface area contributed by atoms with Crippen molar-refractivity contribution >= 4 is 17.7 Å². The van der Waals surface area contributed by atoms with E-state index in [-0.39, 0.29) is 11.6 Å². The Labute approximate surface area is 153 Å². The summed E-state index contributed by atoms with van der Waals surface area (Å²) >= 11 is 0. The number of amides is 2. The summed E-state index contributed by atoms with van der Waals surface area (Å²) < 4.78 is 0. The van der Waals surface area contributed by atoms with Crippen molar-refractivity contribution in [3.63, 3.8) is 0 Å². The number of carbonyl (C=O) groups is 2. The number of nitrogens with zero attached hydrogens (tertiary/aromatic N) is 3. The predicted molar refractivity (Wildman–Crippen MR) is 100 cm³/mol. The molecule has 2 aromatic rings. The second kappa shape index (κ2) is 8.01. The van der Waals surface area contributed by atoms with Crippen molar-refractivity contribution in [1.82, 2.24) is 9.80 Å². The Morgan fingerprint density at radius 1 is 0.962 bits per heavy atom. The molecule has 26 heavy (non-hydrogen) atoms. The van der Waals surface area contributed by atoms with Crippen molar-refractivity contribution in [2.45, 2.75) is 6.54 Å². The number of carbonyl (C=O) groups excluding carboxylic acids is 1. The maximum Gasteiger partial charge on any atom is 0.335 e. The number of likely N-dealkylation sites (N-methyl/N-ethyl adjacent to an activating group) is 1. The van der Waals surface area contributed by atoms with Crippen LogP contribution in [0.15, 0.2) is 54.6 Å². The van der Waals surface area contributed by atoms with E-state index >= 15 is 0 Å². The van der Waals surface area contributed by atoms with E-state index in [1.807, 2.05) is 35.2 Å². The normalized spacial score (nSPS) is 14.9. The maximum absolute atomic E-state index is 13.1. The molecule has 0 aromatic heterocycles. The molecule has 3 rings (SSSR count). The van der Waals surface area contributed by atoms with Gasteiger partial charge < -0.3 is 14.9 Å². The number of carboxylic acids is 1. The maximum atomic E-state index is 13.1. The molecule has 6 heteroatoms. The molecule has 0 saturated carbocycles. The van der Waals surface area contributed by atoms with Gasteiger partial charge in [-0.3, -0.25) is 4.90 Å². The van der Waals surface area contributed by atoms with Gasteiger partial charge in [-0.05, 0) is 36.9 Å². The number of anilines is 1. The highest BCUT2D eigenvalue weighted by atomic mass is 16.4. The number of urea groups is 1. The fraction of sp³-hybridized carbons (Fsp3) is 0.300. The average Bonchev–Trinajstić information content (AvgIpc) is 2.67. The van der Waals surface area contributed by atoms with Crippen molar-refractivity contribution in [3.8, 4) is 0 Å². The molecular formula is C20H23N3O3. The molecule has 0 spiro atoms. The Morgan fingerprint density at radius 3 is 2.15 bits per heavy atom. The summed E-state index contributed by atoms with van der Waals surface area (Å²) in [4.78, 5) is 30.0. The summed E-state index contributed by atoms with van der Waals surface area (Å²) in [6, 6.07) is 16.2. The van der Waals surface area contributed by atoms with Crippen LogP contribution in [0, 0.1) is 0 Å². The van der Waals surface area contributed by atoms with Crippen molar-refractivity contribution in [2.75, 3.05) is 38.1 Å². The third kappa shape index (κ3) is 4.21. The standard InChI is InChI=1S/C20H23N3O3/c1-21-11-13-22(14-12-21)20(26)23(18-5-3-2-4-6-18)15-16-7-9-17(10-8-16)19(24)25/h2-10H,11-15H2,1H3,(H,24,25). The molecule has 1 heterocycles. The lowest BCUT2D eigenvalue weighted by Gasteiger charge is -2.36. The van der Waals surface area contributed by atoms with E-state index in [2.05, 4.69) is 11.9 Å². The van der Waals surface area contributed by atoms with Gasteiger partial charge in [0.1, 0.15) is 0 Å². The highest BCUT2D eigenvalue weighted by Gasteiger charge is 2.25. The van der Waals surface area contributed by atoms with Crippen LogP contribution in [0.2, 0.25) is 0 Å². The average molecular weight is 353 g/mol. The minimum atomic E-state index is -0.954. The zero-order valence-electron chi connectivity index (χ0n) is 14.8. The molecule has 1 fully saturated rings. The van der Waals surface area contributed by atoms with Crippen molar-refractivity contribution in [1.29, 1.82) is 0 Å². The predicted octanol–water partition coefficient (Wildman–Crippen LogP) is 2.76. The third-order valence-corrected chi connectivity index (χ3v) is 4.61. The molecule has 1 aliphatic heterocycles. The first-order valence-electron chi connectivity index (χ1n) is 8.67. The molecule has 1 aliphatic rings. The number of aromatic carboxylic acids is 1. The van der Waals surface area contributed by atoms with Gasteiger partial charge in [-0.2, -0.15) is 0 Å². The summed E-state index contributed by atoms with van der Waals surface area (Å²) in [5.41, 5.74) is 1.96. The molecule has 2 amide bonds. The molecule has 6 nitrogen and oxygen atoms in total. The number of para-hydroxylation sites is 1. The molecule has 0 atom stereocenters. The van der Waals surface area contributed by atoms with E-state index in [4.69, 9.17) is 5.11 Å². The topological polar surface area (TPSA) is 64.1 Å². The molecule has 0 radical (unpaired) electrons. The van der Waals surface area contributed by atoms with Crippen LogP contribution in [0.3, 0.4) is 0 Å². The van der Waals surface area contributed by atoms with Gasteiger partial charge in [0.05, 0.1) is 12.1 Å². The number of hydrogen-bond donors (Lipinski definition) is 1. The van der Waals surface area contributed by atoms with E-state index < -0.39 is 5.97 Å². The molecule has 0 bridgehead atoms. The molecule has 1 saturated heterocycles. The molecule has 0 aliphatic carbocycles. The zero-order chi connectivity index (χ0) is 18.5. The van der Waals surface area contributed by atoms with E-state index in [0.717, 1.165) is 24.3 Å². The lowest BCUT2D eigenvalue weighted by molar-refractivity contribution is 0.0697. The number of benzene rings is 2. The van der Waals surface area contributed by atoms with Crippen molar-refractivity contribution in [3.05, 3.63) is 65.7 Å². The van der Waals surface area contributed by atoms with Gasteiger partial charge in [0.2, 0.25) is 0 Å². The van der Waals surface area contributed by atoms with E-state index in [9.17, 15) is 9.59 Å². The van der Waals surface area contributed by atoms with Crippen molar-refractivity contribution < 1.29 is 14.7 Å². The Kier molecular flexibility index (Phi) is 5.53. The van der Waals surface area contributed by atoms with Gasteiger partial charge in [-0.25, -0.2) is 9.59 Å². The Balaban J connectivity index is 1.81. The highest BCUT2D eigenvalue weighted by molar-refractivity contribution is 5.92. The summed E-state index contributed by atoms with van der Waals surface area (Å²) in [5, 5.41) is 9.04. The van der Waals surface area contributed by atoms with Crippen LogP contribution in [0.4, 0.5) is 10.5 Å². The number of hydrogen-bond acceptors (Lipinski definition) is 3. The molecular weight excluding hydrogens is 330 g/mol. The van der Waals surface area contributed by atoms with Gasteiger partial charge >= 0.3 is 12.0 Å². The lowest BCUT2D eigenvalue weighted by Crippen LogP contribution is -2.51. The summed E-state index contributed by atoms with van der Waals surface area (Å²) in [5.74, 6) is -0.954. The van der Waals surface area contributed by atoms with E-state index in [1.54, 1.807) is 29.2 Å². The van der Waals surface area contributed by atoms with Gasteiger partial charge in [0.15, 0.2) is 0 Å². The quantitative estimate of drug-likeness (QED) is 0.918. The zero-order valence-corrected chi connectivity index (χ0v) is 14.8. The Bertz CT molecular complexity index is 754.